The number of carboxylic acid groups (broad SMARTS) is 2. The predicted molar refractivity (Wildman–Crippen MR) is 102 cm³/mol. The van der Waals surface area contributed by atoms with Crippen LogP contribution in [-0.4, -0.2) is 27.3 Å². The van der Waals surface area contributed by atoms with E-state index in [9.17, 15) is 9.59 Å². The smallest absolute Gasteiger partial charge is 0.335 e. The Hall–Kier alpha value is -3.08. The summed E-state index contributed by atoms with van der Waals surface area (Å²) in [5.74, 6) is -1.91. The van der Waals surface area contributed by atoms with Crippen molar-refractivity contribution >= 4 is 18.0 Å². The molecule has 0 unspecified atom stereocenters. The Kier molecular flexibility index (Phi) is 8.64. The molecule has 0 aliphatic carbocycles. The molecule has 2 rings (SSSR count). The number of rotatable bonds is 6. The fourth-order valence-electron chi connectivity index (χ4n) is 2.16. The number of carbonyl (C=O) groups is 2. The molecule has 26 heavy (non-hydrogen) atoms. The standard InChI is InChI=1S/C12H16O.C9H8O4/c1-2-3-4-5-6-11-7-9-12(13)10-8-11;1-5-2-6(8(10)11)4-7(3-5)9(12)13/h5-10,13H,2-4H2,1H3;2-4H,1H3,(H,10,11)(H,12,13). The molecular weight excluding hydrogens is 332 g/mol. The fraction of sp³-hybridized carbons (Fsp3) is 0.238. The van der Waals surface area contributed by atoms with Crippen LogP contribution >= 0.6 is 0 Å². The third-order valence-corrected chi connectivity index (χ3v) is 3.50. The van der Waals surface area contributed by atoms with Crippen molar-refractivity contribution in [3.63, 3.8) is 0 Å². The molecule has 0 amide bonds. The number of carboxylic acids is 2. The molecule has 0 atom stereocenters. The molecule has 2 aromatic carbocycles. The summed E-state index contributed by atoms with van der Waals surface area (Å²) in [4.78, 5) is 21.1. The Morgan fingerprint density at radius 1 is 0.962 bits per heavy atom. The van der Waals surface area contributed by atoms with Gasteiger partial charge in [-0.1, -0.05) is 44.1 Å². The van der Waals surface area contributed by atoms with Crippen molar-refractivity contribution in [3.8, 4) is 5.75 Å². The number of unbranched alkanes of at least 4 members (excludes halogenated alkanes) is 2. The first-order valence-electron chi connectivity index (χ1n) is 8.37. The van der Waals surface area contributed by atoms with Crippen LogP contribution in [0.4, 0.5) is 0 Å². The molecule has 0 radical (unpaired) electrons. The Bertz CT molecular complexity index is 728. The van der Waals surface area contributed by atoms with Crippen molar-refractivity contribution in [3.05, 3.63) is 70.8 Å². The van der Waals surface area contributed by atoms with Gasteiger partial charge in [0.25, 0.3) is 0 Å². The number of aromatic hydroxyl groups is 1. The number of hydrogen-bond donors (Lipinski definition) is 3. The predicted octanol–water partition coefficient (Wildman–Crippen LogP) is 4.99. The van der Waals surface area contributed by atoms with E-state index in [-0.39, 0.29) is 11.1 Å². The lowest BCUT2D eigenvalue weighted by Gasteiger charge is -1.99. The summed E-state index contributed by atoms with van der Waals surface area (Å²) in [6, 6.07) is 11.2. The quantitative estimate of drug-likeness (QED) is 0.634. The second kappa shape index (κ2) is 10.7. The zero-order valence-corrected chi connectivity index (χ0v) is 15.0. The number of allylic oxidation sites excluding steroid dienone is 1. The van der Waals surface area contributed by atoms with E-state index in [1.54, 1.807) is 19.1 Å². The molecule has 0 spiro atoms. The lowest BCUT2D eigenvalue weighted by Crippen LogP contribution is -2.02. The number of benzene rings is 2. The second-order valence-corrected chi connectivity index (χ2v) is 5.83. The topological polar surface area (TPSA) is 94.8 Å². The van der Waals surface area contributed by atoms with Crippen LogP contribution in [0.5, 0.6) is 5.75 Å². The molecule has 5 heteroatoms. The van der Waals surface area contributed by atoms with Crippen LogP contribution < -0.4 is 0 Å². The molecular formula is C21H24O5. The summed E-state index contributed by atoms with van der Waals surface area (Å²) < 4.78 is 0. The van der Waals surface area contributed by atoms with Gasteiger partial charge in [-0.15, -0.1) is 0 Å². The van der Waals surface area contributed by atoms with Crippen LogP contribution in [0.1, 0.15) is 58.0 Å². The van der Waals surface area contributed by atoms with E-state index in [4.69, 9.17) is 15.3 Å². The van der Waals surface area contributed by atoms with Gasteiger partial charge in [0.1, 0.15) is 5.75 Å². The van der Waals surface area contributed by atoms with Gasteiger partial charge in [0.05, 0.1) is 11.1 Å². The van der Waals surface area contributed by atoms with Crippen LogP contribution in [0, 0.1) is 6.92 Å². The molecule has 0 aliphatic heterocycles. The SMILES string of the molecule is CCCCC=Cc1ccc(O)cc1.Cc1cc(C(=O)O)cc(C(=O)O)c1. The van der Waals surface area contributed by atoms with E-state index in [0.29, 0.717) is 11.3 Å². The minimum absolute atomic E-state index is 0.00241. The molecule has 0 aromatic heterocycles. The van der Waals surface area contributed by atoms with Gasteiger partial charge in [0.2, 0.25) is 0 Å². The normalized spacial score (nSPS) is 10.2. The second-order valence-electron chi connectivity index (χ2n) is 5.83. The molecule has 0 aliphatic rings. The van der Waals surface area contributed by atoms with Crippen molar-refractivity contribution in [1.29, 1.82) is 0 Å². The van der Waals surface area contributed by atoms with Gasteiger partial charge in [-0.3, -0.25) is 0 Å². The number of aryl methyl sites for hydroxylation is 1. The largest absolute Gasteiger partial charge is 0.508 e. The zero-order valence-electron chi connectivity index (χ0n) is 15.0. The van der Waals surface area contributed by atoms with Crippen LogP contribution in [0.25, 0.3) is 6.08 Å². The van der Waals surface area contributed by atoms with E-state index < -0.39 is 11.9 Å². The minimum Gasteiger partial charge on any atom is -0.508 e. The summed E-state index contributed by atoms with van der Waals surface area (Å²) in [7, 11) is 0. The van der Waals surface area contributed by atoms with Gasteiger partial charge < -0.3 is 15.3 Å². The van der Waals surface area contributed by atoms with Crippen LogP contribution in [0.3, 0.4) is 0 Å². The molecule has 138 valence electrons. The molecule has 0 bridgehead atoms. The third-order valence-electron chi connectivity index (χ3n) is 3.50. The number of phenols is 1. The van der Waals surface area contributed by atoms with Crippen molar-refractivity contribution in [2.75, 3.05) is 0 Å². The van der Waals surface area contributed by atoms with E-state index in [1.807, 2.05) is 12.1 Å². The van der Waals surface area contributed by atoms with Gasteiger partial charge >= 0.3 is 11.9 Å². The van der Waals surface area contributed by atoms with Gasteiger partial charge in [-0.05, 0) is 54.8 Å². The summed E-state index contributed by atoms with van der Waals surface area (Å²) >= 11 is 0. The number of phenolic OH excluding ortho intramolecular Hbond substituents is 1. The number of aromatic carboxylic acids is 2. The van der Waals surface area contributed by atoms with Crippen molar-refractivity contribution in [2.45, 2.75) is 33.1 Å². The average Bonchev–Trinajstić information content (AvgIpc) is 2.60. The molecule has 5 nitrogen and oxygen atoms in total. The van der Waals surface area contributed by atoms with Crippen molar-refractivity contribution in [1.82, 2.24) is 0 Å². The molecule has 3 N–H and O–H groups in total. The Labute approximate surface area is 153 Å². The first kappa shape index (κ1) is 21.0. The first-order valence-corrected chi connectivity index (χ1v) is 8.37. The maximum Gasteiger partial charge on any atom is 0.335 e. The highest BCUT2D eigenvalue weighted by Gasteiger charge is 2.09. The lowest BCUT2D eigenvalue weighted by molar-refractivity contribution is 0.0696. The Morgan fingerprint density at radius 3 is 1.96 bits per heavy atom. The summed E-state index contributed by atoms with van der Waals surface area (Å²) in [6.07, 6.45) is 7.89. The van der Waals surface area contributed by atoms with Crippen LogP contribution in [-0.2, 0) is 0 Å². The zero-order chi connectivity index (χ0) is 19.5. The van der Waals surface area contributed by atoms with E-state index >= 15 is 0 Å². The summed E-state index contributed by atoms with van der Waals surface area (Å²) in [5.41, 5.74) is 1.76. The average molecular weight is 356 g/mol. The highest BCUT2D eigenvalue weighted by Crippen LogP contribution is 2.11. The minimum atomic E-state index is -1.12. The first-order chi connectivity index (χ1) is 12.3. The Morgan fingerprint density at radius 2 is 1.50 bits per heavy atom. The third kappa shape index (κ3) is 7.66. The van der Waals surface area contributed by atoms with Gasteiger partial charge in [-0.25, -0.2) is 9.59 Å². The maximum absolute atomic E-state index is 10.5. The van der Waals surface area contributed by atoms with Gasteiger partial charge in [-0.2, -0.15) is 0 Å². The molecule has 0 saturated heterocycles. The summed E-state index contributed by atoms with van der Waals surface area (Å²) in [6.45, 7) is 3.84. The summed E-state index contributed by atoms with van der Waals surface area (Å²) in [5, 5.41) is 26.3. The molecule has 0 heterocycles. The van der Waals surface area contributed by atoms with Crippen molar-refractivity contribution in [2.24, 2.45) is 0 Å². The monoisotopic (exact) mass is 356 g/mol. The molecule has 0 saturated carbocycles. The number of hydrogen-bond acceptors (Lipinski definition) is 3. The maximum atomic E-state index is 10.5. The highest BCUT2D eigenvalue weighted by atomic mass is 16.4. The molecule has 2 aromatic rings. The van der Waals surface area contributed by atoms with E-state index in [1.165, 1.54) is 25.0 Å². The molecule has 0 fully saturated rings. The van der Waals surface area contributed by atoms with E-state index in [2.05, 4.69) is 19.1 Å². The van der Waals surface area contributed by atoms with E-state index in [0.717, 1.165) is 18.1 Å². The fourth-order valence-corrected chi connectivity index (χ4v) is 2.16. The Balaban J connectivity index is 0.000000260. The van der Waals surface area contributed by atoms with Gasteiger partial charge in [0, 0.05) is 0 Å². The lowest BCUT2D eigenvalue weighted by atomic mass is 10.1. The van der Waals surface area contributed by atoms with Crippen LogP contribution in [0.15, 0.2) is 48.5 Å². The van der Waals surface area contributed by atoms with Crippen molar-refractivity contribution < 1.29 is 24.9 Å². The van der Waals surface area contributed by atoms with Crippen LogP contribution in [0.2, 0.25) is 0 Å². The highest BCUT2D eigenvalue weighted by molar-refractivity contribution is 5.94. The van der Waals surface area contributed by atoms with Gasteiger partial charge in [0.15, 0.2) is 0 Å².